The van der Waals surface area contributed by atoms with Gasteiger partial charge in [-0.2, -0.15) is 5.10 Å². The number of benzene rings is 2. The van der Waals surface area contributed by atoms with E-state index in [0.717, 1.165) is 56.1 Å². The molecule has 0 aliphatic heterocycles. The Morgan fingerprint density at radius 1 is 1.08 bits per heavy atom. The van der Waals surface area contributed by atoms with Crippen LogP contribution in [-0.2, 0) is 30.1 Å². The number of aromatic nitrogens is 3. The molecule has 0 spiro atoms. The fourth-order valence-electron chi connectivity index (χ4n) is 3.74. The monoisotopic (exact) mass is 501 g/mol. The van der Waals surface area contributed by atoms with Crippen molar-refractivity contribution in [3.63, 3.8) is 0 Å². The molecular formula is C28H37F2N3O3. The predicted octanol–water partition coefficient (Wildman–Crippen LogP) is 6.83. The highest BCUT2D eigenvalue weighted by molar-refractivity contribution is 5.76. The molecule has 196 valence electrons. The first-order valence-electron chi connectivity index (χ1n) is 11.8. The Kier molecular flexibility index (Phi) is 9.35. The van der Waals surface area contributed by atoms with E-state index < -0.39 is 17.5 Å². The van der Waals surface area contributed by atoms with Gasteiger partial charge < -0.3 is 9.84 Å². The van der Waals surface area contributed by atoms with Crippen LogP contribution in [0.3, 0.4) is 0 Å². The molecule has 3 rings (SSSR count). The molecular weight excluding hydrogens is 464 g/mol. The topological polar surface area (TPSA) is 77.2 Å². The van der Waals surface area contributed by atoms with Gasteiger partial charge in [0.1, 0.15) is 11.6 Å². The minimum atomic E-state index is -2.88. The van der Waals surface area contributed by atoms with E-state index >= 15 is 0 Å². The van der Waals surface area contributed by atoms with E-state index in [1.165, 1.54) is 26.0 Å². The summed E-state index contributed by atoms with van der Waals surface area (Å²) >= 11 is 0. The van der Waals surface area contributed by atoms with E-state index in [1.807, 2.05) is 29.8 Å². The Morgan fingerprint density at radius 3 is 2.31 bits per heavy atom. The van der Waals surface area contributed by atoms with Crippen LogP contribution in [0.15, 0.2) is 42.5 Å². The number of carboxylic acids is 1. The van der Waals surface area contributed by atoms with E-state index in [-0.39, 0.29) is 13.0 Å². The van der Waals surface area contributed by atoms with Crippen LogP contribution >= 0.6 is 0 Å². The molecule has 0 saturated heterocycles. The maximum absolute atomic E-state index is 13.5. The highest BCUT2D eigenvalue weighted by Gasteiger charge is 2.30. The Labute approximate surface area is 212 Å². The maximum Gasteiger partial charge on any atom is 0.347 e. The second-order valence-electron chi connectivity index (χ2n) is 9.41. The largest absolute Gasteiger partial charge is 0.478 e. The number of aryl methyl sites for hydroxylation is 4. The van der Waals surface area contributed by atoms with Gasteiger partial charge in [0.15, 0.2) is 11.4 Å². The van der Waals surface area contributed by atoms with Gasteiger partial charge in [-0.15, -0.1) is 0 Å². The molecule has 0 aliphatic carbocycles. The van der Waals surface area contributed by atoms with Crippen LogP contribution < -0.4 is 4.74 Å². The van der Waals surface area contributed by atoms with Crippen molar-refractivity contribution in [1.82, 2.24) is 14.8 Å². The molecule has 6 nitrogen and oxygen atoms in total. The fraction of sp³-hybridized carbons (Fsp3) is 0.464. The van der Waals surface area contributed by atoms with Crippen molar-refractivity contribution < 1.29 is 23.4 Å². The molecule has 0 amide bonds. The van der Waals surface area contributed by atoms with Crippen LogP contribution in [0.25, 0.3) is 11.4 Å². The van der Waals surface area contributed by atoms with E-state index in [9.17, 15) is 18.7 Å². The highest BCUT2D eigenvalue weighted by Crippen LogP contribution is 2.29. The summed E-state index contributed by atoms with van der Waals surface area (Å²) in [5.41, 5.74) is 1.39. The number of hydrogen-bond acceptors (Lipinski definition) is 4. The van der Waals surface area contributed by atoms with Crippen molar-refractivity contribution in [2.75, 3.05) is 0 Å². The van der Waals surface area contributed by atoms with Crippen molar-refractivity contribution in [2.45, 2.75) is 85.8 Å². The van der Waals surface area contributed by atoms with Gasteiger partial charge in [-0.1, -0.05) is 50.7 Å². The van der Waals surface area contributed by atoms with Crippen molar-refractivity contribution in [3.05, 3.63) is 65.0 Å². The van der Waals surface area contributed by atoms with Gasteiger partial charge in [0.2, 0.25) is 0 Å². The zero-order valence-corrected chi connectivity index (χ0v) is 20.9. The number of hydrogen-bond donors (Lipinski definition) is 1. The third kappa shape index (κ3) is 7.12. The molecule has 2 aromatic carbocycles. The quantitative estimate of drug-likeness (QED) is 0.312. The number of aliphatic carboxylic acids is 1. The molecule has 0 saturated carbocycles. The first kappa shape index (κ1) is 28.9. The van der Waals surface area contributed by atoms with Gasteiger partial charge in [0, 0.05) is 31.0 Å². The minimum absolute atomic E-state index is 0. The van der Waals surface area contributed by atoms with Crippen molar-refractivity contribution in [2.24, 2.45) is 0 Å². The lowest BCUT2D eigenvalue weighted by Gasteiger charge is -2.23. The van der Waals surface area contributed by atoms with Crippen LogP contribution in [0.5, 0.6) is 5.75 Å². The number of rotatable bonds is 11. The van der Waals surface area contributed by atoms with E-state index in [2.05, 4.69) is 12.0 Å². The number of halogens is 2. The molecule has 1 heterocycles. The average Bonchev–Trinajstić information content (AvgIpc) is 3.18. The van der Waals surface area contributed by atoms with Crippen LogP contribution in [0, 0.1) is 6.92 Å². The smallest absolute Gasteiger partial charge is 0.347 e. The first-order chi connectivity index (χ1) is 16.4. The molecule has 0 bridgehead atoms. The minimum Gasteiger partial charge on any atom is -0.478 e. The van der Waals surface area contributed by atoms with Crippen molar-refractivity contribution in [3.8, 4) is 17.1 Å². The molecule has 3 aromatic rings. The van der Waals surface area contributed by atoms with Crippen LogP contribution in [-0.4, -0.2) is 31.4 Å². The Bertz CT molecular complexity index is 1170. The molecule has 8 heteroatoms. The van der Waals surface area contributed by atoms with E-state index in [1.54, 1.807) is 12.1 Å². The Morgan fingerprint density at radius 2 is 1.75 bits per heavy atom. The third-order valence-electron chi connectivity index (χ3n) is 5.82. The Balaban J connectivity index is 0.00000456. The molecule has 0 fully saturated rings. The first-order valence-corrected chi connectivity index (χ1v) is 11.8. The fourth-order valence-corrected chi connectivity index (χ4v) is 3.74. The lowest BCUT2D eigenvalue weighted by Crippen LogP contribution is -2.38. The highest BCUT2D eigenvalue weighted by atomic mass is 19.3. The second kappa shape index (κ2) is 11.6. The zero-order valence-electron chi connectivity index (χ0n) is 20.9. The normalized spacial score (nSPS) is 11.8. The lowest BCUT2D eigenvalue weighted by atomic mass is 10.0. The average molecular weight is 502 g/mol. The second-order valence-corrected chi connectivity index (χ2v) is 9.41. The number of nitrogens with zero attached hydrogens (tertiary/aromatic N) is 3. The summed E-state index contributed by atoms with van der Waals surface area (Å²) in [6.45, 7) is 8.64. The summed E-state index contributed by atoms with van der Waals surface area (Å²) in [5, 5.41) is 13.9. The van der Waals surface area contributed by atoms with Gasteiger partial charge in [-0.3, -0.25) is 0 Å². The van der Waals surface area contributed by atoms with E-state index in [4.69, 9.17) is 9.72 Å². The van der Waals surface area contributed by atoms with Gasteiger partial charge in [0.05, 0.1) is 0 Å². The zero-order chi connectivity index (χ0) is 25.8. The van der Waals surface area contributed by atoms with Crippen LogP contribution in [0.4, 0.5) is 8.78 Å². The summed E-state index contributed by atoms with van der Waals surface area (Å²) in [6.07, 6.45) is 3.30. The molecule has 36 heavy (non-hydrogen) atoms. The third-order valence-corrected chi connectivity index (χ3v) is 5.82. The van der Waals surface area contributed by atoms with Crippen molar-refractivity contribution in [1.29, 1.82) is 0 Å². The Hall–Kier alpha value is -3.29. The lowest BCUT2D eigenvalue weighted by molar-refractivity contribution is -0.152. The number of carbonyl (C=O) groups is 1. The van der Waals surface area contributed by atoms with Gasteiger partial charge >= 0.3 is 5.97 Å². The number of carboxylic acid groups (broad SMARTS) is 1. The SMILES string of the molecule is C.CCCn1nc(-c2ccc(C(C)(F)F)cc2)nc1CCCc1ccc(OC(C)(C)C(=O)O)c(C)c1. The molecule has 0 radical (unpaired) electrons. The summed E-state index contributed by atoms with van der Waals surface area (Å²) in [7, 11) is 0. The van der Waals surface area contributed by atoms with Crippen LogP contribution in [0.2, 0.25) is 0 Å². The molecule has 0 unspecified atom stereocenters. The molecule has 1 aromatic heterocycles. The predicted molar refractivity (Wildman–Crippen MR) is 138 cm³/mol. The van der Waals surface area contributed by atoms with Crippen LogP contribution in [0.1, 0.15) is 70.5 Å². The number of ether oxygens (including phenoxy) is 1. The van der Waals surface area contributed by atoms with Crippen molar-refractivity contribution >= 4 is 5.97 Å². The summed E-state index contributed by atoms with van der Waals surface area (Å²) in [6, 6.07) is 11.9. The molecule has 1 N–H and O–H groups in total. The van der Waals surface area contributed by atoms with Gasteiger partial charge in [0.25, 0.3) is 5.92 Å². The van der Waals surface area contributed by atoms with Gasteiger partial charge in [-0.25, -0.2) is 23.2 Å². The molecule has 0 atom stereocenters. The standard InChI is InChI=1S/C27H33F2N3O3.CH4/c1-6-16-32-23(30-24(31-32)20-11-13-21(14-12-20)27(5,28)29)9-7-8-19-10-15-22(18(2)17-19)35-26(3,4)25(33)34;/h10-15,17H,6-9,16H2,1-5H3,(H,33,34);1H4. The summed E-state index contributed by atoms with van der Waals surface area (Å²) < 4.78 is 34.6. The summed E-state index contributed by atoms with van der Waals surface area (Å²) in [5.74, 6) is -1.94. The molecule has 0 aliphatic rings. The maximum atomic E-state index is 13.5. The van der Waals surface area contributed by atoms with E-state index in [0.29, 0.717) is 17.1 Å². The van der Waals surface area contributed by atoms with Gasteiger partial charge in [-0.05, 0) is 57.2 Å². The summed E-state index contributed by atoms with van der Waals surface area (Å²) in [4.78, 5) is 16.0. The number of alkyl halides is 2.